The van der Waals surface area contributed by atoms with Crippen molar-refractivity contribution in [3.05, 3.63) is 36.2 Å². The van der Waals surface area contributed by atoms with E-state index in [1.807, 2.05) is 57.1 Å². The molecule has 0 spiro atoms. The smallest absolute Gasteiger partial charge is 0.227 e. The van der Waals surface area contributed by atoms with Crippen LogP contribution in [0.4, 0.5) is 11.5 Å². The summed E-state index contributed by atoms with van der Waals surface area (Å²) >= 11 is 0. The van der Waals surface area contributed by atoms with Crippen LogP contribution in [0.5, 0.6) is 11.6 Å². The lowest BCUT2D eigenvalue weighted by Gasteiger charge is -2.16. The van der Waals surface area contributed by atoms with Gasteiger partial charge >= 0.3 is 0 Å². The number of nitrogen functional groups attached to an aromatic ring is 1. The molecule has 0 aliphatic heterocycles. The highest BCUT2D eigenvalue weighted by atomic mass is 16.5. The minimum absolute atomic E-state index is 0.197. The van der Waals surface area contributed by atoms with E-state index in [1.54, 1.807) is 0 Å². The molecule has 0 bridgehead atoms. The van der Waals surface area contributed by atoms with Gasteiger partial charge in [0.25, 0.3) is 0 Å². The van der Waals surface area contributed by atoms with Crippen molar-refractivity contribution in [2.45, 2.75) is 19.8 Å². The number of benzene rings is 1. The molecule has 0 saturated heterocycles. The zero-order chi connectivity index (χ0) is 14.7. The fraction of sp³-hybridized carbons (Fsp3) is 0.333. The predicted molar refractivity (Wildman–Crippen MR) is 81.4 cm³/mol. The number of rotatable bonds is 4. The zero-order valence-corrected chi connectivity index (χ0v) is 12.3. The lowest BCUT2D eigenvalue weighted by atomic mass is 10.1. The van der Waals surface area contributed by atoms with Gasteiger partial charge in [0, 0.05) is 25.8 Å². The topological polar surface area (TPSA) is 64.3 Å². The summed E-state index contributed by atoms with van der Waals surface area (Å²) in [6, 6.07) is 7.83. The molecule has 20 heavy (non-hydrogen) atoms. The van der Waals surface area contributed by atoms with Crippen LogP contribution in [0.2, 0.25) is 0 Å². The summed E-state index contributed by atoms with van der Waals surface area (Å²) in [6.45, 7) is 4.08. The van der Waals surface area contributed by atoms with Crippen LogP contribution in [-0.2, 0) is 0 Å². The van der Waals surface area contributed by atoms with E-state index in [4.69, 9.17) is 10.5 Å². The van der Waals surface area contributed by atoms with E-state index in [1.165, 1.54) is 6.33 Å². The monoisotopic (exact) mass is 272 g/mol. The van der Waals surface area contributed by atoms with Gasteiger partial charge in [-0.15, -0.1) is 0 Å². The molecule has 2 aromatic rings. The van der Waals surface area contributed by atoms with Gasteiger partial charge in [-0.2, -0.15) is 0 Å². The minimum atomic E-state index is 0.197. The first-order chi connectivity index (χ1) is 9.49. The first-order valence-electron chi connectivity index (χ1n) is 6.54. The summed E-state index contributed by atoms with van der Waals surface area (Å²) in [4.78, 5) is 10.2. The van der Waals surface area contributed by atoms with Crippen LogP contribution in [-0.4, -0.2) is 24.1 Å². The highest BCUT2D eigenvalue weighted by molar-refractivity contribution is 5.52. The number of hydrogen-bond donors (Lipinski definition) is 1. The molecule has 0 atom stereocenters. The van der Waals surface area contributed by atoms with Crippen molar-refractivity contribution < 1.29 is 4.74 Å². The SMILES string of the molecule is CC(C)c1c(N)ncnc1Oc1cccc(N(C)C)c1. The molecule has 0 radical (unpaired) electrons. The Labute approximate surface area is 119 Å². The van der Waals surface area contributed by atoms with E-state index < -0.39 is 0 Å². The highest BCUT2D eigenvalue weighted by Gasteiger charge is 2.15. The van der Waals surface area contributed by atoms with E-state index in [0.717, 1.165) is 17.0 Å². The van der Waals surface area contributed by atoms with Gasteiger partial charge in [-0.3, -0.25) is 0 Å². The maximum Gasteiger partial charge on any atom is 0.227 e. The van der Waals surface area contributed by atoms with Crippen molar-refractivity contribution >= 4 is 11.5 Å². The Kier molecular flexibility index (Phi) is 4.08. The normalized spacial score (nSPS) is 10.7. The van der Waals surface area contributed by atoms with Crippen molar-refractivity contribution in [1.29, 1.82) is 0 Å². The Morgan fingerprint density at radius 3 is 2.60 bits per heavy atom. The van der Waals surface area contributed by atoms with Gasteiger partial charge in [-0.1, -0.05) is 19.9 Å². The van der Waals surface area contributed by atoms with Crippen LogP contribution in [0.25, 0.3) is 0 Å². The number of nitrogens with two attached hydrogens (primary N) is 1. The lowest BCUT2D eigenvalue weighted by Crippen LogP contribution is -2.08. The molecule has 1 aromatic heterocycles. The van der Waals surface area contributed by atoms with Gasteiger partial charge in [0.05, 0.1) is 5.56 Å². The molecule has 2 rings (SSSR count). The van der Waals surface area contributed by atoms with E-state index in [9.17, 15) is 0 Å². The van der Waals surface area contributed by atoms with E-state index >= 15 is 0 Å². The molecule has 0 aliphatic carbocycles. The Hall–Kier alpha value is -2.30. The summed E-state index contributed by atoms with van der Waals surface area (Å²) in [5, 5.41) is 0. The Balaban J connectivity index is 2.35. The first-order valence-corrected chi connectivity index (χ1v) is 6.54. The Bertz CT molecular complexity index is 596. The number of aromatic nitrogens is 2. The maximum absolute atomic E-state index is 5.91. The Morgan fingerprint density at radius 1 is 1.20 bits per heavy atom. The van der Waals surface area contributed by atoms with Gasteiger partial charge in [0.2, 0.25) is 5.88 Å². The average Bonchev–Trinajstić information content (AvgIpc) is 2.38. The van der Waals surface area contributed by atoms with Crippen molar-refractivity contribution in [3.63, 3.8) is 0 Å². The number of anilines is 2. The molecule has 0 saturated carbocycles. The van der Waals surface area contributed by atoms with Crippen molar-refractivity contribution in [2.75, 3.05) is 24.7 Å². The standard InChI is InChI=1S/C15H20N4O/c1-10(2)13-14(16)17-9-18-15(13)20-12-7-5-6-11(8-12)19(3)4/h5-10H,1-4H3,(H2,16,17,18). The van der Waals surface area contributed by atoms with Gasteiger partial charge in [0.1, 0.15) is 17.9 Å². The molecule has 5 nitrogen and oxygen atoms in total. The molecule has 0 amide bonds. The molecule has 0 aliphatic rings. The predicted octanol–water partition coefficient (Wildman–Crippen LogP) is 3.04. The third-order valence-corrected chi connectivity index (χ3v) is 3.00. The molecule has 0 fully saturated rings. The van der Waals surface area contributed by atoms with Crippen LogP contribution in [0.3, 0.4) is 0 Å². The van der Waals surface area contributed by atoms with Crippen LogP contribution in [0, 0.1) is 0 Å². The molecule has 0 unspecified atom stereocenters. The van der Waals surface area contributed by atoms with Gasteiger partial charge < -0.3 is 15.4 Å². The second kappa shape index (κ2) is 5.77. The summed E-state index contributed by atoms with van der Waals surface area (Å²) < 4.78 is 5.88. The van der Waals surface area contributed by atoms with E-state index in [-0.39, 0.29) is 5.92 Å². The molecule has 2 N–H and O–H groups in total. The van der Waals surface area contributed by atoms with Gasteiger partial charge in [-0.05, 0) is 18.1 Å². The zero-order valence-electron chi connectivity index (χ0n) is 12.3. The molecule has 5 heteroatoms. The number of nitrogens with zero attached hydrogens (tertiary/aromatic N) is 3. The molecular weight excluding hydrogens is 252 g/mol. The van der Waals surface area contributed by atoms with Crippen molar-refractivity contribution in [1.82, 2.24) is 9.97 Å². The highest BCUT2D eigenvalue weighted by Crippen LogP contribution is 2.32. The summed E-state index contributed by atoms with van der Waals surface area (Å²) in [6.07, 6.45) is 1.42. The number of ether oxygens (including phenoxy) is 1. The average molecular weight is 272 g/mol. The summed E-state index contributed by atoms with van der Waals surface area (Å²) in [5.74, 6) is 1.91. The largest absolute Gasteiger partial charge is 0.438 e. The van der Waals surface area contributed by atoms with Crippen molar-refractivity contribution in [3.8, 4) is 11.6 Å². The van der Waals surface area contributed by atoms with Crippen LogP contribution in [0.1, 0.15) is 25.3 Å². The van der Waals surface area contributed by atoms with Crippen LogP contribution < -0.4 is 15.4 Å². The summed E-state index contributed by atoms with van der Waals surface area (Å²) in [7, 11) is 3.97. The van der Waals surface area contributed by atoms with E-state index in [0.29, 0.717) is 11.7 Å². The molecule has 1 aromatic carbocycles. The third kappa shape index (κ3) is 2.99. The second-order valence-corrected chi connectivity index (χ2v) is 5.13. The minimum Gasteiger partial charge on any atom is -0.438 e. The Morgan fingerprint density at radius 2 is 1.95 bits per heavy atom. The molecular formula is C15H20N4O. The van der Waals surface area contributed by atoms with Crippen LogP contribution >= 0.6 is 0 Å². The fourth-order valence-corrected chi connectivity index (χ4v) is 1.95. The fourth-order valence-electron chi connectivity index (χ4n) is 1.95. The second-order valence-electron chi connectivity index (χ2n) is 5.13. The molecule has 1 heterocycles. The van der Waals surface area contributed by atoms with Crippen molar-refractivity contribution in [2.24, 2.45) is 0 Å². The molecule has 106 valence electrons. The third-order valence-electron chi connectivity index (χ3n) is 3.00. The lowest BCUT2D eigenvalue weighted by molar-refractivity contribution is 0.452. The van der Waals surface area contributed by atoms with Gasteiger partial charge in [-0.25, -0.2) is 9.97 Å². The van der Waals surface area contributed by atoms with E-state index in [2.05, 4.69) is 9.97 Å². The van der Waals surface area contributed by atoms with Gasteiger partial charge in [0.15, 0.2) is 0 Å². The maximum atomic E-state index is 5.91. The quantitative estimate of drug-likeness (QED) is 0.926. The summed E-state index contributed by atoms with van der Waals surface area (Å²) in [5.41, 5.74) is 7.82. The first kappa shape index (κ1) is 14.1. The van der Waals surface area contributed by atoms with Crippen LogP contribution in [0.15, 0.2) is 30.6 Å². The number of hydrogen-bond acceptors (Lipinski definition) is 5.